The van der Waals surface area contributed by atoms with Gasteiger partial charge in [-0.1, -0.05) is 47.5 Å². The van der Waals surface area contributed by atoms with Crippen LogP contribution in [0, 0.1) is 0 Å². The van der Waals surface area contributed by atoms with Gasteiger partial charge >= 0.3 is 0 Å². The van der Waals surface area contributed by atoms with Crippen molar-refractivity contribution in [3.8, 4) is 5.75 Å². The number of nitrogens with one attached hydrogen (secondary N) is 1. The van der Waals surface area contributed by atoms with E-state index in [0.717, 1.165) is 0 Å². The molecule has 0 aliphatic heterocycles. The molecule has 2 rings (SSSR count). The van der Waals surface area contributed by atoms with Crippen LogP contribution in [0.2, 0.25) is 10.0 Å². The Kier molecular flexibility index (Phi) is 4.66. The number of amides is 1. The molecule has 98 valence electrons. The third-order valence-corrected chi connectivity index (χ3v) is 2.92. The molecule has 0 radical (unpaired) electrons. The van der Waals surface area contributed by atoms with E-state index in [-0.39, 0.29) is 12.5 Å². The van der Waals surface area contributed by atoms with Gasteiger partial charge in [0.05, 0.1) is 10.0 Å². The van der Waals surface area contributed by atoms with Gasteiger partial charge in [-0.2, -0.15) is 0 Å². The number of hydrogen-bond acceptors (Lipinski definition) is 2. The number of halogens is 2. The van der Waals surface area contributed by atoms with Crippen molar-refractivity contribution in [1.82, 2.24) is 0 Å². The lowest BCUT2D eigenvalue weighted by Gasteiger charge is -2.10. The third-order valence-electron chi connectivity index (χ3n) is 2.32. The van der Waals surface area contributed by atoms with Gasteiger partial charge in [-0.05, 0) is 24.3 Å². The van der Waals surface area contributed by atoms with Crippen molar-refractivity contribution < 1.29 is 9.53 Å². The monoisotopic (exact) mass is 295 g/mol. The predicted octanol–water partition coefficient (Wildman–Crippen LogP) is 4.01. The van der Waals surface area contributed by atoms with Crippen LogP contribution in [0.4, 0.5) is 5.69 Å². The Bertz CT molecular complexity index is 553. The van der Waals surface area contributed by atoms with Crippen molar-refractivity contribution in [3.05, 3.63) is 58.6 Å². The number of anilines is 1. The normalized spacial score (nSPS) is 10.0. The van der Waals surface area contributed by atoms with Crippen LogP contribution in [0.1, 0.15) is 0 Å². The lowest BCUT2D eigenvalue weighted by molar-refractivity contribution is -0.118. The maximum absolute atomic E-state index is 11.7. The lowest BCUT2D eigenvalue weighted by Crippen LogP contribution is -2.20. The van der Waals surface area contributed by atoms with E-state index in [4.69, 9.17) is 27.9 Å². The quantitative estimate of drug-likeness (QED) is 0.925. The largest absolute Gasteiger partial charge is 0.481 e. The van der Waals surface area contributed by atoms with E-state index in [9.17, 15) is 4.79 Å². The maximum Gasteiger partial charge on any atom is 0.262 e. The molecular formula is C14H11Cl2NO2. The first-order valence-corrected chi connectivity index (χ1v) is 6.34. The van der Waals surface area contributed by atoms with Gasteiger partial charge in [0.1, 0.15) is 0 Å². The molecule has 2 aromatic carbocycles. The Balaban J connectivity index is 1.94. The Morgan fingerprint density at radius 3 is 2.26 bits per heavy atom. The zero-order valence-electron chi connectivity index (χ0n) is 9.90. The first-order chi connectivity index (χ1) is 9.16. The van der Waals surface area contributed by atoms with Gasteiger partial charge in [0.15, 0.2) is 12.4 Å². The van der Waals surface area contributed by atoms with E-state index in [0.29, 0.717) is 21.5 Å². The van der Waals surface area contributed by atoms with E-state index in [1.165, 1.54) is 0 Å². The molecule has 5 heteroatoms. The molecule has 0 bridgehead atoms. The summed E-state index contributed by atoms with van der Waals surface area (Å²) in [6, 6.07) is 14.1. The van der Waals surface area contributed by atoms with Gasteiger partial charge in [-0.15, -0.1) is 0 Å². The van der Waals surface area contributed by atoms with Gasteiger partial charge in [-0.25, -0.2) is 0 Å². The minimum Gasteiger partial charge on any atom is -0.481 e. The third kappa shape index (κ3) is 3.88. The summed E-state index contributed by atoms with van der Waals surface area (Å²) in [6.07, 6.45) is 0. The number of benzene rings is 2. The number of carbonyl (C=O) groups excluding carboxylic acids is 1. The molecule has 0 aromatic heterocycles. The highest BCUT2D eigenvalue weighted by Crippen LogP contribution is 2.32. The van der Waals surface area contributed by atoms with Gasteiger partial charge in [0, 0.05) is 5.69 Å². The van der Waals surface area contributed by atoms with E-state index < -0.39 is 0 Å². The van der Waals surface area contributed by atoms with Crippen LogP contribution in [-0.4, -0.2) is 12.5 Å². The Labute approximate surface area is 121 Å². The van der Waals surface area contributed by atoms with Crippen LogP contribution in [0.25, 0.3) is 0 Å². The molecule has 0 saturated carbocycles. The topological polar surface area (TPSA) is 38.3 Å². The van der Waals surface area contributed by atoms with Gasteiger partial charge in [0.25, 0.3) is 5.91 Å². The summed E-state index contributed by atoms with van der Waals surface area (Å²) in [4.78, 5) is 11.7. The number of rotatable bonds is 4. The molecule has 0 spiro atoms. The number of carbonyl (C=O) groups is 1. The second kappa shape index (κ2) is 6.45. The molecule has 0 atom stereocenters. The molecule has 0 saturated heterocycles. The minimum absolute atomic E-state index is 0.154. The number of hydrogen-bond donors (Lipinski definition) is 1. The van der Waals surface area contributed by atoms with Gasteiger partial charge in [0.2, 0.25) is 0 Å². The smallest absolute Gasteiger partial charge is 0.262 e. The average molecular weight is 296 g/mol. The van der Waals surface area contributed by atoms with Crippen molar-refractivity contribution in [2.45, 2.75) is 0 Å². The highest BCUT2D eigenvalue weighted by atomic mass is 35.5. The summed E-state index contributed by atoms with van der Waals surface area (Å²) in [5.41, 5.74) is 0.710. The van der Waals surface area contributed by atoms with E-state index in [2.05, 4.69) is 5.32 Å². The molecule has 3 nitrogen and oxygen atoms in total. The fourth-order valence-corrected chi connectivity index (χ4v) is 1.98. The number of ether oxygens (including phenoxy) is 1. The summed E-state index contributed by atoms with van der Waals surface area (Å²) in [5, 5.41) is 3.45. The van der Waals surface area contributed by atoms with Crippen LogP contribution in [-0.2, 0) is 4.79 Å². The Morgan fingerprint density at radius 1 is 1.00 bits per heavy atom. The first-order valence-electron chi connectivity index (χ1n) is 5.58. The van der Waals surface area contributed by atoms with Crippen LogP contribution < -0.4 is 10.1 Å². The van der Waals surface area contributed by atoms with E-state index >= 15 is 0 Å². The Hall–Kier alpha value is -1.71. The van der Waals surface area contributed by atoms with Gasteiger partial charge in [-0.3, -0.25) is 4.79 Å². The summed E-state index contributed by atoms with van der Waals surface area (Å²) in [5.74, 6) is 0.0382. The second-order valence-electron chi connectivity index (χ2n) is 3.75. The second-order valence-corrected chi connectivity index (χ2v) is 4.57. The fourth-order valence-electron chi connectivity index (χ4n) is 1.48. The van der Waals surface area contributed by atoms with Crippen LogP contribution in [0.15, 0.2) is 48.5 Å². The lowest BCUT2D eigenvalue weighted by atomic mass is 10.3. The zero-order valence-corrected chi connectivity index (χ0v) is 11.4. The summed E-state index contributed by atoms with van der Waals surface area (Å²) >= 11 is 11.9. The van der Waals surface area contributed by atoms with Crippen molar-refractivity contribution in [3.63, 3.8) is 0 Å². The Morgan fingerprint density at radius 2 is 1.63 bits per heavy atom. The summed E-state index contributed by atoms with van der Waals surface area (Å²) in [7, 11) is 0. The van der Waals surface area contributed by atoms with E-state index in [1.807, 2.05) is 18.2 Å². The molecule has 1 N–H and O–H groups in total. The molecule has 2 aromatic rings. The SMILES string of the molecule is O=C(COc1c(Cl)cccc1Cl)Nc1ccccc1. The standard InChI is InChI=1S/C14H11Cl2NO2/c15-11-7-4-8-12(16)14(11)19-9-13(18)17-10-5-2-1-3-6-10/h1-8H,9H2,(H,17,18). The fraction of sp³-hybridized carbons (Fsp3) is 0.0714. The maximum atomic E-state index is 11.7. The molecule has 0 heterocycles. The van der Waals surface area contributed by atoms with Crippen molar-refractivity contribution in [2.75, 3.05) is 11.9 Å². The van der Waals surface area contributed by atoms with Crippen LogP contribution >= 0.6 is 23.2 Å². The highest BCUT2D eigenvalue weighted by Gasteiger charge is 2.09. The van der Waals surface area contributed by atoms with E-state index in [1.54, 1.807) is 30.3 Å². The molecule has 1 amide bonds. The van der Waals surface area contributed by atoms with Crippen LogP contribution in [0.3, 0.4) is 0 Å². The molecular weight excluding hydrogens is 285 g/mol. The minimum atomic E-state index is -0.276. The van der Waals surface area contributed by atoms with Crippen LogP contribution in [0.5, 0.6) is 5.75 Å². The van der Waals surface area contributed by atoms with Crippen molar-refractivity contribution in [2.24, 2.45) is 0 Å². The average Bonchev–Trinajstić information content (AvgIpc) is 2.39. The molecule has 0 unspecified atom stereocenters. The van der Waals surface area contributed by atoms with Gasteiger partial charge < -0.3 is 10.1 Å². The summed E-state index contributed by atoms with van der Waals surface area (Å²) in [6.45, 7) is -0.154. The number of para-hydroxylation sites is 2. The molecule has 19 heavy (non-hydrogen) atoms. The predicted molar refractivity (Wildman–Crippen MR) is 77.0 cm³/mol. The highest BCUT2D eigenvalue weighted by molar-refractivity contribution is 6.37. The summed E-state index contributed by atoms with van der Waals surface area (Å²) < 4.78 is 5.33. The van der Waals surface area contributed by atoms with Crippen molar-refractivity contribution in [1.29, 1.82) is 0 Å². The molecule has 0 aliphatic rings. The zero-order chi connectivity index (χ0) is 13.7. The first kappa shape index (κ1) is 13.7. The molecule has 0 fully saturated rings. The van der Waals surface area contributed by atoms with Crippen molar-refractivity contribution >= 4 is 34.8 Å². The molecule has 0 aliphatic carbocycles.